The molecule has 0 spiro atoms. The molecule has 1 unspecified atom stereocenters. The van der Waals surface area contributed by atoms with Gasteiger partial charge in [-0.2, -0.15) is 0 Å². The number of ether oxygens (including phenoxy) is 2. The minimum atomic E-state index is 0.202. The number of aromatic nitrogens is 2. The van der Waals surface area contributed by atoms with Crippen LogP contribution in [0.1, 0.15) is 11.3 Å². The van der Waals surface area contributed by atoms with E-state index < -0.39 is 0 Å². The van der Waals surface area contributed by atoms with Crippen molar-refractivity contribution in [1.82, 2.24) is 9.97 Å². The molecule has 5 nitrogen and oxygen atoms in total. The zero-order valence-electron chi connectivity index (χ0n) is 15.3. The molecular formula is C21H19Cl2N3O2. The first-order valence-electron chi connectivity index (χ1n) is 8.94. The predicted octanol–water partition coefficient (Wildman–Crippen LogP) is 5.42. The van der Waals surface area contributed by atoms with Gasteiger partial charge in [-0.05, 0) is 25.1 Å². The van der Waals surface area contributed by atoms with Gasteiger partial charge in [-0.1, -0.05) is 53.5 Å². The molecule has 0 bridgehead atoms. The summed E-state index contributed by atoms with van der Waals surface area (Å²) in [5.74, 6) is 1.31. The van der Waals surface area contributed by atoms with Gasteiger partial charge in [0.2, 0.25) is 0 Å². The van der Waals surface area contributed by atoms with Gasteiger partial charge in [-0.25, -0.2) is 9.97 Å². The van der Waals surface area contributed by atoms with Crippen molar-refractivity contribution >= 4 is 34.7 Å². The molecule has 0 amide bonds. The van der Waals surface area contributed by atoms with Crippen molar-refractivity contribution in [2.45, 2.75) is 19.6 Å². The third-order valence-electron chi connectivity index (χ3n) is 4.32. The lowest BCUT2D eigenvalue weighted by Gasteiger charge is -2.16. The minimum Gasteiger partial charge on any atom is -0.374 e. The Hall–Kier alpha value is -2.18. The van der Waals surface area contributed by atoms with E-state index in [2.05, 4.69) is 10.3 Å². The molecule has 2 heterocycles. The van der Waals surface area contributed by atoms with E-state index in [4.69, 9.17) is 37.7 Å². The van der Waals surface area contributed by atoms with Crippen LogP contribution in [0.5, 0.6) is 0 Å². The van der Waals surface area contributed by atoms with Crippen LogP contribution in [-0.2, 0) is 16.1 Å². The first-order valence-corrected chi connectivity index (χ1v) is 9.69. The third kappa shape index (κ3) is 4.80. The quantitative estimate of drug-likeness (QED) is 0.522. The Balaban J connectivity index is 1.69. The van der Waals surface area contributed by atoms with Gasteiger partial charge in [0.1, 0.15) is 11.9 Å². The topological polar surface area (TPSA) is 59.6 Å². The van der Waals surface area contributed by atoms with Crippen LogP contribution >= 0.6 is 23.2 Å². The summed E-state index contributed by atoms with van der Waals surface area (Å²) in [7, 11) is 0. The highest BCUT2D eigenvalue weighted by atomic mass is 35.5. The third-order valence-corrected chi connectivity index (χ3v) is 4.76. The fourth-order valence-electron chi connectivity index (χ4n) is 2.81. The molecule has 4 rings (SSSR count). The molecule has 0 aliphatic carbocycles. The predicted molar refractivity (Wildman–Crippen MR) is 111 cm³/mol. The van der Waals surface area contributed by atoms with E-state index in [0.717, 1.165) is 29.1 Å². The highest BCUT2D eigenvalue weighted by molar-refractivity contribution is 6.35. The van der Waals surface area contributed by atoms with Crippen LogP contribution in [0.4, 0.5) is 11.5 Å². The molecule has 1 aliphatic rings. The highest BCUT2D eigenvalue weighted by Gasteiger charge is 2.23. The van der Waals surface area contributed by atoms with E-state index in [1.54, 1.807) is 18.2 Å². The lowest BCUT2D eigenvalue weighted by molar-refractivity contribution is 0.104. The smallest absolute Gasteiger partial charge is 0.161 e. The summed E-state index contributed by atoms with van der Waals surface area (Å²) in [4.78, 5) is 9.43. The van der Waals surface area contributed by atoms with Gasteiger partial charge in [0.05, 0.1) is 19.8 Å². The molecule has 7 heteroatoms. The molecule has 1 aromatic heterocycles. The molecule has 2 aromatic carbocycles. The highest BCUT2D eigenvalue weighted by Crippen LogP contribution is 2.29. The average Bonchev–Trinajstić information content (AvgIpc) is 3.48. The van der Waals surface area contributed by atoms with Gasteiger partial charge in [-0.15, -0.1) is 0 Å². The van der Waals surface area contributed by atoms with Crippen LogP contribution in [0.2, 0.25) is 10.0 Å². The van der Waals surface area contributed by atoms with Crippen LogP contribution in [0.15, 0.2) is 48.5 Å². The molecule has 28 heavy (non-hydrogen) atoms. The lowest BCUT2D eigenvalue weighted by Crippen LogP contribution is -2.09. The van der Waals surface area contributed by atoms with E-state index in [9.17, 15) is 0 Å². The second-order valence-corrected chi connectivity index (χ2v) is 7.45. The molecule has 1 aliphatic heterocycles. The van der Waals surface area contributed by atoms with Gasteiger partial charge < -0.3 is 14.8 Å². The number of benzene rings is 2. The Labute approximate surface area is 173 Å². The molecule has 0 radical (unpaired) electrons. The van der Waals surface area contributed by atoms with Gasteiger partial charge in [0, 0.05) is 32.6 Å². The summed E-state index contributed by atoms with van der Waals surface area (Å²) in [5, 5.41) is 4.43. The van der Waals surface area contributed by atoms with E-state index in [0.29, 0.717) is 34.9 Å². The molecule has 1 fully saturated rings. The van der Waals surface area contributed by atoms with Crippen molar-refractivity contribution in [2.75, 3.05) is 18.5 Å². The molecule has 0 saturated carbocycles. The SMILES string of the molecule is Cc1nc(-c2ccccc2)nc(Nc2cc(Cl)cc(Cl)c2)c1COCC1CO1. The molecular weight excluding hydrogens is 397 g/mol. The van der Waals surface area contributed by atoms with Gasteiger partial charge in [0.15, 0.2) is 5.82 Å². The fraction of sp³-hybridized carbons (Fsp3) is 0.238. The van der Waals surface area contributed by atoms with E-state index >= 15 is 0 Å². The maximum Gasteiger partial charge on any atom is 0.161 e. The van der Waals surface area contributed by atoms with Crippen LogP contribution in [-0.4, -0.2) is 29.3 Å². The Bertz CT molecular complexity index is 959. The Kier molecular flexibility index (Phi) is 5.78. The van der Waals surface area contributed by atoms with Crippen LogP contribution < -0.4 is 5.32 Å². The maximum absolute atomic E-state index is 6.14. The number of nitrogens with one attached hydrogen (secondary N) is 1. The summed E-state index contributed by atoms with van der Waals surface area (Å²) in [6.45, 7) is 3.66. The van der Waals surface area contributed by atoms with Crippen molar-refractivity contribution in [3.63, 3.8) is 0 Å². The fourth-order valence-corrected chi connectivity index (χ4v) is 3.33. The zero-order chi connectivity index (χ0) is 19.5. The Morgan fingerprint density at radius 3 is 2.50 bits per heavy atom. The van der Waals surface area contributed by atoms with Crippen molar-refractivity contribution < 1.29 is 9.47 Å². The average molecular weight is 416 g/mol. The van der Waals surface area contributed by atoms with Gasteiger partial charge in [0.25, 0.3) is 0 Å². The van der Waals surface area contributed by atoms with Gasteiger partial charge >= 0.3 is 0 Å². The van der Waals surface area contributed by atoms with Crippen molar-refractivity contribution in [3.05, 3.63) is 69.8 Å². The normalized spacial score (nSPS) is 15.5. The summed E-state index contributed by atoms with van der Waals surface area (Å²) < 4.78 is 11.0. The molecule has 1 N–H and O–H groups in total. The summed E-state index contributed by atoms with van der Waals surface area (Å²) in [6, 6.07) is 15.1. The lowest BCUT2D eigenvalue weighted by atomic mass is 10.1. The van der Waals surface area contributed by atoms with E-state index in [-0.39, 0.29) is 6.10 Å². The summed E-state index contributed by atoms with van der Waals surface area (Å²) in [5.41, 5.74) is 3.43. The van der Waals surface area contributed by atoms with Crippen molar-refractivity contribution in [1.29, 1.82) is 0 Å². The number of anilines is 2. The number of halogens is 2. The first-order chi connectivity index (χ1) is 13.6. The van der Waals surface area contributed by atoms with E-state index in [1.807, 2.05) is 37.3 Å². The number of hydrogen-bond donors (Lipinski definition) is 1. The van der Waals surface area contributed by atoms with Crippen LogP contribution in [0, 0.1) is 6.92 Å². The van der Waals surface area contributed by atoms with Crippen molar-refractivity contribution in [2.24, 2.45) is 0 Å². The second kappa shape index (κ2) is 8.45. The van der Waals surface area contributed by atoms with Gasteiger partial charge in [-0.3, -0.25) is 0 Å². The monoisotopic (exact) mass is 415 g/mol. The molecule has 144 valence electrons. The van der Waals surface area contributed by atoms with Crippen LogP contribution in [0.25, 0.3) is 11.4 Å². The number of rotatable bonds is 7. The Morgan fingerprint density at radius 2 is 1.82 bits per heavy atom. The summed E-state index contributed by atoms with van der Waals surface area (Å²) in [6.07, 6.45) is 0.202. The number of hydrogen-bond acceptors (Lipinski definition) is 5. The Morgan fingerprint density at radius 1 is 1.11 bits per heavy atom. The zero-order valence-corrected chi connectivity index (χ0v) is 16.8. The standard InChI is InChI=1S/C21H19Cl2N3O2/c1-13-19(12-27-10-18-11-28-18)21(25-17-8-15(22)7-16(23)9-17)26-20(24-13)14-5-3-2-4-6-14/h2-9,18H,10-12H2,1H3,(H,24,25,26). The van der Waals surface area contributed by atoms with Crippen molar-refractivity contribution in [3.8, 4) is 11.4 Å². The second-order valence-electron chi connectivity index (χ2n) is 6.58. The molecule has 1 atom stereocenters. The molecule has 1 saturated heterocycles. The van der Waals surface area contributed by atoms with Crippen LogP contribution in [0.3, 0.4) is 0 Å². The number of aryl methyl sites for hydroxylation is 1. The molecule has 3 aromatic rings. The largest absolute Gasteiger partial charge is 0.374 e. The first kappa shape index (κ1) is 19.2. The van der Waals surface area contributed by atoms with E-state index in [1.165, 1.54) is 0 Å². The number of nitrogens with zero attached hydrogens (tertiary/aromatic N) is 2. The minimum absolute atomic E-state index is 0.202. The number of epoxide rings is 1. The summed E-state index contributed by atoms with van der Waals surface area (Å²) >= 11 is 12.3. The maximum atomic E-state index is 6.14.